The van der Waals surface area contributed by atoms with Crippen molar-refractivity contribution in [3.63, 3.8) is 0 Å². The Hall–Kier alpha value is -2.17. The summed E-state index contributed by atoms with van der Waals surface area (Å²) in [6, 6.07) is 3.87. The molecule has 2 aromatic rings. The normalized spacial score (nSPS) is 16.9. The molecule has 98 valence electrons. The Morgan fingerprint density at radius 3 is 2.95 bits per heavy atom. The number of aromatic nitrogens is 3. The first-order valence-corrected chi connectivity index (χ1v) is 6.29. The van der Waals surface area contributed by atoms with Crippen molar-refractivity contribution in [2.24, 2.45) is 0 Å². The average molecular weight is 256 g/mol. The molecule has 0 saturated carbocycles. The summed E-state index contributed by atoms with van der Waals surface area (Å²) in [5, 5.41) is 7.33. The highest BCUT2D eigenvalue weighted by Crippen LogP contribution is 2.29. The van der Waals surface area contributed by atoms with Crippen LogP contribution in [-0.4, -0.2) is 27.2 Å². The van der Waals surface area contributed by atoms with Crippen molar-refractivity contribution >= 4 is 5.91 Å². The molecule has 5 nitrogen and oxygen atoms in total. The Balaban J connectivity index is 2.20. The van der Waals surface area contributed by atoms with Crippen LogP contribution in [0.25, 0.3) is 11.1 Å². The van der Waals surface area contributed by atoms with Gasteiger partial charge in [-0.1, -0.05) is 0 Å². The minimum Gasteiger partial charge on any atom is -0.348 e. The van der Waals surface area contributed by atoms with Crippen molar-refractivity contribution in [2.45, 2.75) is 26.3 Å². The summed E-state index contributed by atoms with van der Waals surface area (Å²) in [5.41, 5.74) is 3.18. The van der Waals surface area contributed by atoms with E-state index in [1.165, 1.54) is 0 Å². The van der Waals surface area contributed by atoms with E-state index in [4.69, 9.17) is 0 Å². The molecule has 3 heterocycles. The number of fused-ring (bicyclic) bond motifs is 1. The third-order valence-electron chi connectivity index (χ3n) is 3.45. The second kappa shape index (κ2) is 3.91. The van der Waals surface area contributed by atoms with Gasteiger partial charge in [0.2, 0.25) is 0 Å². The molecule has 2 aromatic heterocycles. The number of pyridine rings is 1. The summed E-state index contributed by atoms with van der Waals surface area (Å²) < 4.78 is 1.82. The fourth-order valence-electron chi connectivity index (χ4n) is 2.41. The molecule has 0 spiro atoms. The van der Waals surface area contributed by atoms with E-state index in [1.54, 1.807) is 12.4 Å². The van der Waals surface area contributed by atoms with E-state index in [0.29, 0.717) is 12.2 Å². The molecule has 1 amide bonds. The zero-order valence-corrected chi connectivity index (χ0v) is 11.3. The summed E-state index contributed by atoms with van der Waals surface area (Å²) in [5.74, 6) is -0.0682. The van der Waals surface area contributed by atoms with Crippen LogP contribution in [0.5, 0.6) is 0 Å². The van der Waals surface area contributed by atoms with Crippen LogP contribution in [0.3, 0.4) is 0 Å². The number of nitrogens with one attached hydrogen (secondary N) is 1. The van der Waals surface area contributed by atoms with Gasteiger partial charge in [0.15, 0.2) is 0 Å². The summed E-state index contributed by atoms with van der Waals surface area (Å²) in [6.07, 6.45) is 3.51. The zero-order chi connectivity index (χ0) is 13.6. The molecular formula is C14H16N4O. The molecule has 5 heteroatoms. The SMILES string of the molecule is Cc1cc(-c2cnn3c2C(=O)NCC3(C)C)ccn1. The standard InChI is InChI=1S/C14H16N4O/c1-9-6-10(4-5-15-9)11-7-17-18-12(11)13(19)16-8-14(18,2)3/h4-7H,8H2,1-3H3,(H,16,19). The van der Waals surface area contributed by atoms with E-state index < -0.39 is 0 Å². The highest BCUT2D eigenvalue weighted by molar-refractivity contribution is 6.00. The molecule has 3 rings (SSSR count). The first-order chi connectivity index (χ1) is 8.99. The lowest BCUT2D eigenvalue weighted by molar-refractivity contribution is 0.0878. The van der Waals surface area contributed by atoms with Crippen molar-refractivity contribution in [3.05, 3.63) is 35.9 Å². The second-order valence-electron chi connectivity index (χ2n) is 5.50. The molecular weight excluding hydrogens is 240 g/mol. The molecule has 0 bridgehead atoms. The number of hydrogen-bond donors (Lipinski definition) is 1. The highest BCUT2D eigenvalue weighted by Gasteiger charge is 2.34. The molecule has 19 heavy (non-hydrogen) atoms. The molecule has 0 atom stereocenters. The van der Waals surface area contributed by atoms with Gasteiger partial charge in [-0.2, -0.15) is 5.10 Å². The van der Waals surface area contributed by atoms with Gasteiger partial charge >= 0.3 is 0 Å². The zero-order valence-electron chi connectivity index (χ0n) is 11.3. The number of carbonyl (C=O) groups is 1. The number of amides is 1. The van der Waals surface area contributed by atoms with Crippen LogP contribution in [-0.2, 0) is 5.54 Å². The fourth-order valence-corrected chi connectivity index (χ4v) is 2.41. The van der Waals surface area contributed by atoms with E-state index in [9.17, 15) is 4.79 Å². The Labute approximate surface area is 111 Å². The third-order valence-corrected chi connectivity index (χ3v) is 3.45. The third kappa shape index (κ3) is 1.82. The van der Waals surface area contributed by atoms with Gasteiger partial charge in [-0.05, 0) is 38.5 Å². The maximum Gasteiger partial charge on any atom is 0.270 e. The van der Waals surface area contributed by atoms with Crippen LogP contribution in [0, 0.1) is 6.92 Å². The summed E-state index contributed by atoms with van der Waals surface area (Å²) in [4.78, 5) is 16.3. The van der Waals surface area contributed by atoms with Crippen LogP contribution < -0.4 is 5.32 Å². The minimum atomic E-state index is -0.205. The quantitative estimate of drug-likeness (QED) is 0.845. The van der Waals surface area contributed by atoms with E-state index in [-0.39, 0.29) is 11.4 Å². The monoisotopic (exact) mass is 256 g/mol. The first-order valence-electron chi connectivity index (χ1n) is 6.29. The maximum atomic E-state index is 12.1. The highest BCUT2D eigenvalue weighted by atomic mass is 16.2. The Bertz CT molecular complexity index is 657. The lowest BCUT2D eigenvalue weighted by atomic mass is 10.00. The Morgan fingerprint density at radius 1 is 1.42 bits per heavy atom. The molecule has 0 radical (unpaired) electrons. The van der Waals surface area contributed by atoms with Gasteiger partial charge in [0, 0.05) is 24.0 Å². The van der Waals surface area contributed by atoms with Gasteiger partial charge in [0.25, 0.3) is 5.91 Å². The van der Waals surface area contributed by atoms with E-state index in [2.05, 4.69) is 29.2 Å². The van der Waals surface area contributed by atoms with E-state index in [1.807, 2.05) is 23.7 Å². The second-order valence-corrected chi connectivity index (χ2v) is 5.50. The Kier molecular flexibility index (Phi) is 2.45. The van der Waals surface area contributed by atoms with Crippen molar-refractivity contribution in [3.8, 4) is 11.1 Å². The van der Waals surface area contributed by atoms with Crippen LogP contribution in [0.2, 0.25) is 0 Å². The van der Waals surface area contributed by atoms with Gasteiger partial charge in [0.05, 0.1) is 11.7 Å². The van der Waals surface area contributed by atoms with Crippen molar-refractivity contribution in [1.82, 2.24) is 20.1 Å². The smallest absolute Gasteiger partial charge is 0.270 e. The van der Waals surface area contributed by atoms with Crippen LogP contribution in [0.15, 0.2) is 24.5 Å². The molecule has 0 aliphatic carbocycles. The first kappa shape index (κ1) is 11.9. The number of rotatable bonds is 1. The van der Waals surface area contributed by atoms with Crippen LogP contribution in [0.4, 0.5) is 0 Å². The lowest BCUT2D eigenvalue weighted by Crippen LogP contribution is -2.48. The van der Waals surface area contributed by atoms with E-state index in [0.717, 1.165) is 16.8 Å². The maximum absolute atomic E-state index is 12.1. The molecule has 0 fully saturated rings. The summed E-state index contributed by atoms with van der Waals surface area (Å²) in [6.45, 7) is 6.65. The molecule has 0 aromatic carbocycles. The van der Waals surface area contributed by atoms with E-state index >= 15 is 0 Å². The predicted molar refractivity (Wildman–Crippen MR) is 71.9 cm³/mol. The van der Waals surface area contributed by atoms with Crippen LogP contribution in [0.1, 0.15) is 30.0 Å². The number of aryl methyl sites for hydroxylation is 1. The fraction of sp³-hybridized carbons (Fsp3) is 0.357. The number of hydrogen-bond acceptors (Lipinski definition) is 3. The topological polar surface area (TPSA) is 59.8 Å². The molecule has 1 N–H and O–H groups in total. The van der Waals surface area contributed by atoms with Gasteiger partial charge in [0.1, 0.15) is 5.69 Å². The minimum absolute atomic E-state index is 0.0682. The summed E-state index contributed by atoms with van der Waals surface area (Å²) >= 11 is 0. The largest absolute Gasteiger partial charge is 0.348 e. The predicted octanol–water partition coefficient (Wildman–Crippen LogP) is 1.73. The van der Waals surface area contributed by atoms with Crippen molar-refractivity contribution in [1.29, 1.82) is 0 Å². The number of carbonyl (C=O) groups excluding carboxylic acids is 1. The van der Waals surface area contributed by atoms with Crippen molar-refractivity contribution in [2.75, 3.05) is 6.54 Å². The molecule has 0 saturated heterocycles. The van der Waals surface area contributed by atoms with Crippen LogP contribution >= 0.6 is 0 Å². The van der Waals surface area contributed by atoms with Gasteiger partial charge < -0.3 is 5.32 Å². The summed E-state index contributed by atoms with van der Waals surface area (Å²) in [7, 11) is 0. The van der Waals surface area contributed by atoms with Gasteiger partial charge in [-0.3, -0.25) is 14.5 Å². The van der Waals surface area contributed by atoms with Crippen molar-refractivity contribution < 1.29 is 4.79 Å². The van der Waals surface area contributed by atoms with Gasteiger partial charge in [-0.25, -0.2) is 0 Å². The average Bonchev–Trinajstić information content (AvgIpc) is 2.81. The lowest BCUT2D eigenvalue weighted by Gasteiger charge is -2.32. The molecule has 1 aliphatic heterocycles. The molecule has 1 aliphatic rings. The molecule has 0 unspecified atom stereocenters. The van der Waals surface area contributed by atoms with Gasteiger partial charge in [-0.15, -0.1) is 0 Å². The number of nitrogens with zero attached hydrogens (tertiary/aromatic N) is 3. The Morgan fingerprint density at radius 2 is 2.21 bits per heavy atom.